The molecule has 0 radical (unpaired) electrons. The van der Waals surface area contributed by atoms with Crippen molar-refractivity contribution in [3.05, 3.63) is 23.8 Å². The molecule has 6 nitrogen and oxygen atoms in total. The van der Waals surface area contributed by atoms with Crippen LogP contribution >= 0.6 is 0 Å². The summed E-state index contributed by atoms with van der Waals surface area (Å²) in [6.45, 7) is 7.65. The number of benzene rings is 1. The van der Waals surface area contributed by atoms with Crippen LogP contribution in [0.4, 0.5) is 5.69 Å². The molecule has 1 amide bonds. The number of carbonyl (C=O) groups excluding carboxylic acids is 2. The summed E-state index contributed by atoms with van der Waals surface area (Å²) >= 11 is 0. The smallest absolute Gasteiger partial charge is 0.341 e. The molecule has 0 unspecified atom stereocenters. The normalized spacial score (nSPS) is 14.3. The highest BCUT2D eigenvalue weighted by Crippen LogP contribution is 2.27. The van der Waals surface area contributed by atoms with E-state index in [4.69, 9.17) is 14.2 Å². The highest BCUT2D eigenvalue weighted by Gasteiger charge is 2.32. The first-order valence-corrected chi connectivity index (χ1v) is 8.56. The molecule has 140 valence electrons. The molecule has 1 aromatic carbocycles. The second kappa shape index (κ2) is 9.42. The molecular weight excluding hydrogens is 322 g/mol. The maximum Gasteiger partial charge on any atom is 0.341 e. The minimum atomic E-state index is -0.925. The van der Waals surface area contributed by atoms with Gasteiger partial charge in [-0.25, -0.2) is 4.79 Å². The fourth-order valence-electron chi connectivity index (χ4n) is 2.33. The molecule has 0 bridgehead atoms. The quantitative estimate of drug-likeness (QED) is 0.685. The first-order valence-electron chi connectivity index (χ1n) is 8.56. The van der Waals surface area contributed by atoms with Gasteiger partial charge in [0.05, 0.1) is 13.2 Å². The molecule has 1 aromatic rings. The summed E-state index contributed by atoms with van der Waals surface area (Å²) in [6, 6.07) is 4.92. The molecule has 2 atom stereocenters. The Morgan fingerprint density at radius 1 is 1.24 bits per heavy atom. The number of hydrogen-bond donors (Lipinski definition) is 1. The van der Waals surface area contributed by atoms with Crippen LogP contribution in [0.25, 0.3) is 0 Å². The van der Waals surface area contributed by atoms with Crippen LogP contribution in [-0.2, 0) is 14.3 Å². The van der Waals surface area contributed by atoms with Crippen molar-refractivity contribution in [1.82, 2.24) is 0 Å². The lowest BCUT2D eigenvalue weighted by Crippen LogP contribution is -2.41. The van der Waals surface area contributed by atoms with Crippen LogP contribution in [0.3, 0.4) is 0 Å². The van der Waals surface area contributed by atoms with Gasteiger partial charge in [0.1, 0.15) is 16.9 Å². The molecule has 0 aliphatic carbocycles. The fourth-order valence-corrected chi connectivity index (χ4v) is 2.33. The lowest BCUT2D eigenvalue weighted by atomic mass is 9.99. The Labute approximate surface area is 149 Å². The van der Waals surface area contributed by atoms with Gasteiger partial charge in [0.2, 0.25) is 0 Å². The third-order valence-electron chi connectivity index (χ3n) is 4.20. The highest BCUT2D eigenvalue weighted by atomic mass is 16.5. The average Bonchev–Trinajstić information content (AvgIpc) is 2.61. The Morgan fingerprint density at radius 3 is 2.44 bits per heavy atom. The number of carbonyl (C=O) groups is 2. The Morgan fingerprint density at radius 2 is 1.92 bits per heavy atom. The maximum atomic E-state index is 12.5. The molecule has 0 saturated heterocycles. The van der Waals surface area contributed by atoms with E-state index in [-0.39, 0.29) is 17.6 Å². The summed E-state index contributed by atoms with van der Waals surface area (Å²) in [5.74, 6) is -0.344. The molecule has 0 aromatic heterocycles. The van der Waals surface area contributed by atoms with Gasteiger partial charge in [-0.3, -0.25) is 4.79 Å². The number of ether oxygens (including phenoxy) is 3. The Balaban J connectivity index is 3.09. The third kappa shape index (κ3) is 5.46. The van der Waals surface area contributed by atoms with E-state index in [2.05, 4.69) is 5.32 Å². The van der Waals surface area contributed by atoms with Crippen molar-refractivity contribution in [1.29, 1.82) is 0 Å². The topological polar surface area (TPSA) is 73.9 Å². The first-order chi connectivity index (χ1) is 11.8. The van der Waals surface area contributed by atoms with Gasteiger partial charge >= 0.3 is 5.97 Å². The Bertz CT molecular complexity index is 601. The van der Waals surface area contributed by atoms with Crippen LogP contribution in [0.15, 0.2) is 18.2 Å². The number of anilines is 1. The fraction of sp³-hybridized carbons (Fsp3) is 0.579. The van der Waals surface area contributed by atoms with Gasteiger partial charge in [0, 0.05) is 12.8 Å². The predicted molar refractivity (Wildman–Crippen MR) is 97.1 cm³/mol. The van der Waals surface area contributed by atoms with Crippen molar-refractivity contribution < 1.29 is 23.8 Å². The molecule has 6 heteroatoms. The largest absolute Gasteiger partial charge is 0.490 e. The monoisotopic (exact) mass is 351 g/mol. The van der Waals surface area contributed by atoms with Crippen molar-refractivity contribution >= 4 is 17.6 Å². The maximum absolute atomic E-state index is 12.5. The molecule has 0 heterocycles. The number of hydrogen-bond acceptors (Lipinski definition) is 5. The van der Waals surface area contributed by atoms with E-state index < -0.39 is 11.6 Å². The molecule has 0 saturated carbocycles. The van der Waals surface area contributed by atoms with Crippen molar-refractivity contribution in [2.24, 2.45) is 0 Å². The minimum Gasteiger partial charge on any atom is -0.490 e. The van der Waals surface area contributed by atoms with Gasteiger partial charge < -0.3 is 19.5 Å². The van der Waals surface area contributed by atoms with Gasteiger partial charge in [-0.2, -0.15) is 0 Å². The van der Waals surface area contributed by atoms with E-state index in [1.165, 1.54) is 14.2 Å². The number of amides is 1. The lowest BCUT2D eigenvalue weighted by molar-refractivity contribution is -0.136. The summed E-state index contributed by atoms with van der Waals surface area (Å²) in [7, 11) is 2.82. The molecule has 1 rings (SSSR count). The van der Waals surface area contributed by atoms with Gasteiger partial charge in [-0.15, -0.1) is 0 Å². The lowest BCUT2D eigenvalue weighted by Gasteiger charge is -2.26. The standard InChI is InChI=1S/C19H29NO5/c1-7-11-19(4,24-6)18(22)20-14-9-10-16(25-13(3)8-2)15(12-14)17(21)23-5/h9-10,12-13H,7-8,11H2,1-6H3,(H,20,22)/t13-,19-/m0/s1. The van der Waals surface area contributed by atoms with Crippen LogP contribution in [-0.4, -0.2) is 37.8 Å². The highest BCUT2D eigenvalue weighted by molar-refractivity contribution is 5.99. The van der Waals surface area contributed by atoms with E-state index in [0.717, 1.165) is 12.8 Å². The second-order valence-corrected chi connectivity index (χ2v) is 6.18. The molecule has 25 heavy (non-hydrogen) atoms. The van der Waals surface area contributed by atoms with E-state index in [1.807, 2.05) is 20.8 Å². The van der Waals surface area contributed by atoms with Gasteiger partial charge in [-0.05, 0) is 44.9 Å². The van der Waals surface area contributed by atoms with Crippen LogP contribution in [0.2, 0.25) is 0 Å². The van der Waals surface area contributed by atoms with Gasteiger partial charge in [0.15, 0.2) is 0 Å². The van der Waals surface area contributed by atoms with Crippen LogP contribution in [0, 0.1) is 0 Å². The van der Waals surface area contributed by atoms with E-state index >= 15 is 0 Å². The molecule has 0 fully saturated rings. The molecule has 0 aliphatic rings. The second-order valence-electron chi connectivity index (χ2n) is 6.18. The average molecular weight is 351 g/mol. The summed E-state index contributed by atoms with van der Waals surface area (Å²) in [5.41, 5.74) is -0.164. The number of esters is 1. The van der Waals surface area contributed by atoms with Crippen LogP contribution < -0.4 is 10.1 Å². The molecular formula is C19H29NO5. The molecule has 0 aliphatic heterocycles. The van der Waals surface area contributed by atoms with Crippen LogP contribution in [0.1, 0.15) is 57.3 Å². The Hall–Kier alpha value is -2.08. The van der Waals surface area contributed by atoms with Gasteiger partial charge in [-0.1, -0.05) is 20.3 Å². The Kier molecular flexibility index (Phi) is 7.90. The van der Waals surface area contributed by atoms with E-state index in [0.29, 0.717) is 17.9 Å². The minimum absolute atomic E-state index is 0.0369. The van der Waals surface area contributed by atoms with Crippen LogP contribution in [0.5, 0.6) is 5.75 Å². The van der Waals surface area contributed by atoms with E-state index in [1.54, 1.807) is 25.1 Å². The predicted octanol–water partition coefficient (Wildman–Crippen LogP) is 3.79. The number of rotatable bonds is 9. The first kappa shape index (κ1) is 21.0. The van der Waals surface area contributed by atoms with Crippen molar-refractivity contribution in [3.8, 4) is 5.75 Å². The summed E-state index contributed by atoms with van der Waals surface area (Å²) in [6.07, 6.45) is 2.18. The van der Waals surface area contributed by atoms with E-state index in [9.17, 15) is 9.59 Å². The summed E-state index contributed by atoms with van der Waals surface area (Å²) in [5, 5.41) is 2.80. The van der Waals surface area contributed by atoms with Crippen molar-refractivity contribution in [2.75, 3.05) is 19.5 Å². The zero-order valence-corrected chi connectivity index (χ0v) is 16.0. The molecule has 1 N–H and O–H groups in total. The molecule has 0 spiro atoms. The zero-order valence-electron chi connectivity index (χ0n) is 16.0. The zero-order chi connectivity index (χ0) is 19.0. The van der Waals surface area contributed by atoms with Crippen molar-refractivity contribution in [2.45, 2.75) is 58.7 Å². The summed E-state index contributed by atoms with van der Waals surface area (Å²) < 4.78 is 16.0. The van der Waals surface area contributed by atoms with Gasteiger partial charge in [0.25, 0.3) is 5.91 Å². The van der Waals surface area contributed by atoms with Crippen molar-refractivity contribution in [3.63, 3.8) is 0 Å². The number of nitrogens with one attached hydrogen (secondary N) is 1. The summed E-state index contributed by atoms with van der Waals surface area (Å²) in [4.78, 5) is 24.6. The SMILES string of the molecule is CCC[C@](C)(OC)C(=O)Nc1ccc(O[C@@H](C)CC)c(C(=O)OC)c1. The third-order valence-corrected chi connectivity index (χ3v) is 4.20. The number of methoxy groups -OCH3 is 2.